The number of para-hydroxylation sites is 1. The van der Waals surface area contributed by atoms with Crippen LogP contribution in [0, 0.1) is 5.82 Å². The minimum Gasteiger partial charge on any atom is -0.497 e. The summed E-state index contributed by atoms with van der Waals surface area (Å²) in [5, 5.41) is 12.7. The first kappa shape index (κ1) is 21.8. The van der Waals surface area contributed by atoms with Crippen LogP contribution in [-0.2, 0) is 11.3 Å². The standard InChI is InChI=1S/C24H29FN6O2/c1-32-19-10-8-18(9-11-19)23(24-26-27-28-31(24)17-20-5-4-16-33-20)30-14-12-29(13-15-30)22-7-3-2-6-21(22)25/h2-3,6-11,20,23H,4-5,12-17H2,1H3/t20-,23+/m0/s1. The lowest BCUT2D eigenvalue weighted by molar-refractivity contribution is 0.0906. The quantitative estimate of drug-likeness (QED) is 0.546. The van der Waals surface area contributed by atoms with E-state index in [1.165, 1.54) is 6.07 Å². The second kappa shape index (κ2) is 9.84. The van der Waals surface area contributed by atoms with E-state index in [9.17, 15) is 4.39 Å². The van der Waals surface area contributed by atoms with Crippen LogP contribution in [-0.4, -0.2) is 71.1 Å². The maximum Gasteiger partial charge on any atom is 0.173 e. The maximum atomic E-state index is 14.3. The van der Waals surface area contributed by atoms with Crippen molar-refractivity contribution in [3.8, 4) is 5.75 Å². The van der Waals surface area contributed by atoms with E-state index in [1.54, 1.807) is 13.2 Å². The Morgan fingerprint density at radius 1 is 1.09 bits per heavy atom. The summed E-state index contributed by atoms with van der Waals surface area (Å²) in [7, 11) is 1.66. The fourth-order valence-corrected chi connectivity index (χ4v) is 4.76. The molecule has 1 aromatic heterocycles. The summed E-state index contributed by atoms with van der Waals surface area (Å²) in [6, 6.07) is 14.9. The van der Waals surface area contributed by atoms with Gasteiger partial charge in [0.15, 0.2) is 5.82 Å². The van der Waals surface area contributed by atoms with Crippen LogP contribution in [0.3, 0.4) is 0 Å². The lowest BCUT2D eigenvalue weighted by Crippen LogP contribution is -2.48. The molecule has 2 atom stereocenters. The first-order chi connectivity index (χ1) is 16.2. The van der Waals surface area contributed by atoms with Crippen molar-refractivity contribution in [1.82, 2.24) is 25.1 Å². The average Bonchev–Trinajstić information content (AvgIpc) is 3.54. The predicted molar refractivity (Wildman–Crippen MR) is 122 cm³/mol. The van der Waals surface area contributed by atoms with E-state index in [0.717, 1.165) is 62.8 Å². The van der Waals surface area contributed by atoms with Crippen LogP contribution in [0.5, 0.6) is 5.75 Å². The molecule has 0 unspecified atom stereocenters. The summed E-state index contributed by atoms with van der Waals surface area (Å²) >= 11 is 0. The zero-order valence-corrected chi connectivity index (χ0v) is 18.8. The zero-order valence-electron chi connectivity index (χ0n) is 18.8. The topological polar surface area (TPSA) is 68.5 Å². The van der Waals surface area contributed by atoms with Crippen molar-refractivity contribution in [3.05, 3.63) is 65.7 Å². The highest BCUT2D eigenvalue weighted by Crippen LogP contribution is 2.31. The Kier molecular flexibility index (Phi) is 6.50. The summed E-state index contributed by atoms with van der Waals surface area (Å²) in [5.41, 5.74) is 1.75. The molecule has 3 heterocycles. The molecule has 0 N–H and O–H groups in total. The minimum atomic E-state index is -0.182. The third-order valence-electron chi connectivity index (χ3n) is 6.51. The van der Waals surface area contributed by atoms with Crippen LogP contribution >= 0.6 is 0 Å². The van der Waals surface area contributed by atoms with E-state index in [2.05, 4.69) is 37.5 Å². The predicted octanol–water partition coefficient (Wildman–Crippen LogP) is 2.91. The maximum absolute atomic E-state index is 14.3. The number of anilines is 1. The Labute approximate surface area is 192 Å². The van der Waals surface area contributed by atoms with Gasteiger partial charge in [0.1, 0.15) is 11.6 Å². The normalized spacial score (nSPS) is 20.2. The Balaban J connectivity index is 1.40. The van der Waals surface area contributed by atoms with Gasteiger partial charge in [-0.1, -0.05) is 24.3 Å². The van der Waals surface area contributed by atoms with Gasteiger partial charge in [-0.05, 0) is 53.1 Å². The number of hydrogen-bond donors (Lipinski definition) is 0. The van der Waals surface area contributed by atoms with Gasteiger partial charge >= 0.3 is 0 Å². The molecule has 2 aliphatic heterocycles. The van der Waals surface area contributed by atoms with E-state index in [-0.39, 0.29) is 18.0 Å². The number of benzene rings is 2. The van der Waals surface area contributed by atoms with Crippen molar-refractivity contribution in [3.63, 3.8) is 0 Å². The number of nitrogens with zero attached hydrogens (tertiary/aromatic N) is 6. The van der Waals surface area contributed by atoms with Crippen LogP contribution in [0.25, 0.3) is 0 Å². The van der Waals surface area contributed by atoms with Crippen LogP contribution in [0.4, 0.5) is 10.1 Å². The van der Waals surface area contributed by atoms with Gasteiger partial charge in [-0.2, -0.15) is 0 Å². The molecule has 33 heavy (non-hydrogen) atoms. The third-order valence-corrected chi connectivity index (χ3v) is 6.51. The van der Waals surface area contributed by atoms with Gasteiger partial charge in [0.2, 0.25) is 0 Å². The van der Waals surface area contributed by atoms with Crippen molar-refractivity contribution < 1.29 is 13.9 Å². The number of hydrogen-bond acceptors (Lipinski definition) is 7. The van der Waals surface area contributed by atoms with Crippen LogP contribution in [0.1, 0.15) is 30.3 Å². The summed E-state index contributed by atoms with van der Waals surface area (Å²) in [4.78, 5) is 4.48. The molecule has 3 aromatic rings. The lowest BCUT2D eigenvalue weighted by atomic mass is 10.0. The highest BCUT2D eigenvalue weighted by atomic mass is 19.1. The van der Waals surface area contributed by atoms with Gasteiger partial charge in [0, 0.05) is 32.8 Å². The molecule has 0 radical (unpaired) electrons. The molecule has 174 valence electrons. The Hall–Kier alpha value is -3.04. The monoisotopic (exact) mass is 452 g/mol. The van der Waals surface area contributed by atoms with Gasteiger partial charge < -0.3 is 14.4 Å². The van der Waals surface area contributed by atoms with Gasteiger partial charge in [-0.25, -0.2) is 9.07 Å². The molecule has 0 spiro atoms. The molecular formula is C24H29FN6O2. The summed E-state index contributed by atoms with van der Waals surface area (Å²) < 4.78 is 27.4. The summed E-state index contributed by atoms with van der Waals surface area (Å²) in [5.74, 6) is 1.42. The van der Waals surface area contributed by atoms with Crippen molar-refractivity contribution in [1.29, 1.82) is 0 Å². The van der Waals surface area contributed by atoms with E-state index in [0.29, 0.717) is 12.2 Å². The fourth-order valence-electron chi connectivity index (χ4n) is 4.76. The highest BCUT2D eigenvalue weighted by molar-refractivity contribution is 5.48. The number of rotatable bonds is 7. The fraction of sp³-hybridized carbons (Fsp3) is 0.458. The molecular weight excluding hydrogens is 423 g/mol. The van der Waals surface area contributed by atoms with Crippen molar-refractivity contribution in [2.24, 2.45) is 0 Å². The van der Waals surface area contributed by atoms with Crippen molar-refractivity contribution >= 4 is 5.69 Å². The van der Waals surface area contributed by atoms with E-state index in [1.807, 2.05) is 28.9 Å². The van der Waals surface area contributed by atoms with Gasteiger partial charge in [0.25, 0.3) is 0 Å². The Bertz CT molecular complexity index is 1050. The molecule has 0 aliphatic carbocycles. The second-order valence-corrected chi connectivity index (χ2v) is 8.50. The first-order valence-corrected chi connectivity index (χ1v) is 11.5. The SMILES string of the molecule is COc1ccc([C@H](c2nnnn2C[C@@H]2CCCO2)N2CCN(c3ccccc3F)CC2)cc1. The summed E-state index contributed by atoms with van der Waals surface area (Å²) in [6.45, 7) is 4.41. The Morgan fingerprint density at radius 2 is 1.88 bits per heavy atom. The van der Waals surface area contributed by atoms with Crippen molar-refractivity contribution in [2.75, 3.05) is 44.8 Å². The molecule has 5 rings (SSSR count). The molecule has 2 saturated heterocycles. The van der Waals surface area contributed by atoms with Crippen LogP contribution in [0.15, 0.2) is 48.5 Å². The molecule has 2 aliphatic rings. The molecule has 9 heteroatoms. The number of halogens is 1. The third kappa shape index (κ3) is 4.69. The van der Waals surface area contributed by atoms with Crippen molar-refractivity contribution in [2.45, 2.75) is 31.5 Å². The highest BCUT2D eigenvalue weighted by Gasteiger charge is 2.32. The largest absolute Gasteiger partial charge is 0.497 e. The average molecular weight is 453 g/mol. The number of aromatic nitrogens is 4. The van der Waals surface area contributed by atoms with E-state index in [4.69, 9.17) is 9.47 Å². The molecule has 2 aromatic carbocycles. The molecule has 0 amide bonds. The van der Waals surface area contributed by atoms with Gasteiger partial charge in [-0.15, -0.1) is 5.10 Å². The second-order valence-electron chi connectivity index (χ2n) is 8.50. The molecule has 2 fully saturated rings. The number of tetrazole rings is 1. The number of piperazine rings is 1. The minimum absolute atomic E-state index is 0.116. The van der Waals surface area contributed by atoms with Gasteiger partial charge in [-0.3, -0.25) is 4.90 Å². The molecule has 8 nitrogen and oxygen atoms in total. The van der Waals surface area contributed by atoms with Crippen LogP contribution < -0.4 is 9.64 Å². The zero-order chi connectivity index (χ0) is 22.6. The lowest BCUT2D eigenvalue weighted by Gasteiger charge is -2.40. The number of methoxy groups -OCH3 is 1. The smallest absolute Gasteiger partial charge is 0.173 e. The summed E-state index contributed by atoms with van der Waals surface area (Å²) in [6.07, 6.45) is 2.23. The number of ether oxygens (including phenoxy) is 2. The Morgan fingerprint density at radius 3 is 2.58 bits per heavy atom. The van der Waals surface area contributed by atoms with Gasteiger partial charge in [0.05, 0.1) is 31.5 Å². The molecule has 0 saturated carbocycles. The van der Waals surface area contributed by atoms with E-state index < -0.39 is 0 Å². The van der Waals surface area contributed by atoms with Crippen LogP contribution in [0.2, 0.25) is 0 Å². The first-order valence-electron chi connectivity index (χ1n) is 11.5. The van der Waals surface area contributed by atoms with E-state index >= 15 is 0 Å². The molecule has 0 bridgehead atoms.